The van der Waals surface area contributed by atoms with Crippen LogP contribution in [0.3, 0.4) is 0 Å². The normalized spacial score (nSPS) is 10.4. The average Bonchev–Trinajstić information content (AvgIpc) is 2.70. The van der Waals surface area contributed by atoms with Gasteiger partial charge in [-0.2, -0.15) is 4.98 Å². The number of oxazole rings is 1. The summed E-state index contributed by atoms with van der Waals surface area (Å²) >= 11 is 11.4. The molecule has 0 unspecified atom stereocenters. The minimum absolute atomic E-state index is 0.182. The second kappa shape index (κ2) is 4.76. The molecule has 0 bridgehead atoms. The molecule has 2 rings (SSSR count). The highest BCUT2D eigenvalue weighted by Gasteiger charge is 2.07. The standard InChI is InChI=1S/C11H9Cl2NO2/c1-7-4-8(13)2-3-10(7)16-11-14-9(5-12)6-15-11/h2-4,6H,5H2,1H3. The van der Waals surface area contributed by atoms with E-state index < -0.39 is 0 Å². The number of hydrogen-bond acceptors (Lipinski definition) is 3. The Hall–Kier alpha value is -1.19. The van der Waals surface area contributed by atoms with Gasteiger partial charge in [0, 0.05) is 5.02 Å². The lowest BCUT2D eigenvalue weighted by Gasteiger charge is -2.04. The molecule has 0 radical (unpaired) electrons. The molecule has 0 aliphatic carbocycles. The summed E-state index contributed by atoms with van der Waals surface area (Å²) in [5, 5.41) is 0.665. The zero-order chi connectivity index (χ0) is 11.5. The molecule has 3 nitrogen and oxygen atoms in total. The predicted molar refractivity (Wildman–Crippen MR) is 62.3 cm³/mol. The van der Waals surface area contributed by atoms with Crippen LogP contribution in [0.25, 0.3) is 0 Å². The van der Waals surface area contributed by atoms with Gasteiger partial charge in [0.25, 0.3) is 0 Å². The van der Waals surface area contributed by atoms with Crippen LogP contribution in [0.15, 0.2) is 28.9 Å². The highest BCUT2D eigenvalue weighted by atomic mass is 35.5. The van der Waals surface area contributed by atoms with Crippen LogP contribution >= 0.6 is 23.2 Å². The number of halogens is 2. The molecule has 2 aromatic rings. The zero-order valence-electron chi connectivity index (χ0n) is 8.54. The Kier molecular flexibility index (Phi) is 3.36. The number of alkyl halides is 1. The molecule has 0 N–H and O–H groups in total. The van der Waals surface area contributed by atoms with Gasteiger partial charge in [0.2, 0.25) is 0 Å². The van der Waals surface area contributed by atoms with Crippen molar-refractivity contribution in [1.29, 1.82) is 0 Å². The topological polar surface area (TPSA) is 35.3 Å². The first-order valence-corrected chi connectivity index (χ1v) is 5.54. The predicted octanol–water partition coefficient (Wildman–Crippen LogP) is 4.17. The monoisotopic (exact) mass is 257 g/mol. The molecule has 1 heterocycles. The largest absolute Gasteiger partial charge is 0.417 e. The first-order valence-electron chi connectivity index (χ1n) is 4.63. The van der Waals surface area contributed by atoms with Crippen molar-refractivity contribution in [2.24, 2.45) is 0 Å². The Morgan fingerprint density at radius 3 is 2.88 bits per heavy atom. The summed E-state index contributed by atoms with van der Waals surface area (Å²) in [7, 11) is 0. The molecule has 5 heteroatoms. The maximum Gasteiger partial charge on any atom is 0.399 e. The number of nitrogens with zero attached hydrogens (tertiary/aromatic N) is 1. The third kappa shape index (κ3) is 2.49. The van der Waals surface area contributed by atoms with Crippen molar-refractivity contribution < 1.29 is 9.15 Å². The number of hydrogen-bond donors (Lipinski definition) is 0. The lowest BCUT2D eigenvalue weighted by atomic mass is 10.2. The van der Waals surface area contributed by atoms with Crippen molar-refractivity contribution in [3.05, 3.63) is 40.7 Å². The van der Waals surface area contributed by atoms with E-state index in [0.29, 0.717) is 22.3 Å². The molecule has 0 saturated heterocycles. The average molecular weight is 258 g/mol. The first-order chi connectivity index (χ1) is 7.69. The maximum absolute atomic E-state index is 5.83. The lowest BCUT2D eigenvalue weighted by molar-refractivity contribution is 0.329. The number of ether oxygens (including phenoxy) is 1. The first kappa shape index (κ1) is 11.3. The van der Waals surface area contributed by atoms with Crippen molar-refractivity contribution in [3.63, 3.8) is 0 Å². The summed E-state index contributed by atoms with van der Waals surface area (Å²) in [6, 6.07) is 5.32. The van der Waals surface area contributed by atoms with Gasteiger partial charge in [0.15, 0.2) is 0 Å². The van der Waals surface area contributed by atoms with E-state index in [0.717, 1.165) is 5.56 Å². The minimum atomic E-state index is 0.182. The fraction of sp³-hybridized carbons (Fsp3) is 0.182. The fourth-order valence-electron chi connectivity index (χ4n) is 1.22. The molecule has 16 heavy (non-hydrogen) atoms. The molecular weight excluding hydrogens is 249 g/mol. The highest BCUT2D eigenvalue weighted by Crippen LogP contribution is 2.26. The Morgan fingerprint density at radius 1 is 1.44 bits per heavy atom. The molecule has 0 fully saturated rings. The maximum atomic E-state index is 5.83. The molecule has 0 spiro atoms. The van der Waals surface area contributed by atoms with Crippen LogP contribution in [-0.2, 0) is 5.88 Å². The van der Waals surface area contributed by atoms with Crippen LogP contribution in [0.1, 0.15) is 11.3 Å². The second-order valence-electron chi connectivity index (χ2n) is 3.25. The van der Waals surface area contributed by atoms with Gasteiger partial charge in [-0.05, 0) is 30.7 Å². The summed E-state index contributed by atoms with van der Waals surface area (Å²) in [4.78, 5) is 4.03. The lowest BCUT2D eigenvalue weighted by Crippen LogP contribution is -1.88. The summed E-state index contributed by atoms with van der Waals surface area (Å²) < 4.78 is 10.5. The summed E-state index contributed by atoms with van der Waals surface area (Å²) in [5.41, 5.74) is 1.56. The van der Waals surface area contributed by atoms with E-state index in [4.69, 9.17) is 32.4 Å². The fourth-order valence-corrected chi connectivity index (χ4v) is 1.57. The van der Waals surface area contributed by atoms with Gasteiger partial charge in [-0.25, -0.2) is 0 Å². The van der Waals surface area contributed by atoms with Crippen molar-refractivity contribution >= 4 is 23.2 Å². The third-order valence-electron chi connectivity index (χ3n) is 2.00. The quantitative estimate of drug-likeness (QED) is 0.775. The minimum Gasteiger partial charge on any atom is -0.417 e. The number of rotatable bonds is 3. The highest BCUT2D eigenvalue weighted by molar-refractivity contribution is 6.30. The molecule has 84 valence electrons. The van der Waals surface area contributed by atoms with Crippen LogP contribution in [0.2, 0.25) is 5.02 Å². The van der Waals surface area contributed by atoms with Crippen molar-refractivity contribution in [2.75, 3.05) is 0 Å². The smallest absolute Gasteiger partial charge is 0.399 e. The van der Waals surface area contributed by atoms with Crippen LogP contribution in [0.4, 0.5) is 0 Å². The van der Waals surface area contributed by atoms with Crippen molar-refractivity contribution in [3.8, 4) is 11.8 Å². The van der Waals surface area contributed by atoms with Gasteiger partial charge in [-0.15, -0.1) is 11.6 Å². The van der Waals surface area contributed by atoms with E-state index in [1.165, 1.54) is 6.26 Å². The van der Waals surface area contributed by atoms with Gasteiger partial charge in [0.1, 0.15) is 12.0 Å². The van der Waals surface area contributed by atoms with E-state index in [1.807, 2.05) is 13.0 Å². The Labute approximate surface area is 103 Å². The van der Waals surface area contributed by atoms with Gasteiger partial charge >= 0.3 is 6.08 Å². The van der Waals surface area contributed by atoms with Crippen molar-refractivity contribution in [1.82, 2.24) is 4.98 Å². The Morgan fingerprint density at radius 2 is 2.25 bits per heavy atom. The molecule has 0 aliphatic rings. The zero-order valence-corrected chi connectivity index (χ0v) is 10.0. The molecule has 1 aromatic heterocycles. The molecule has 0 saturated carbocycles. The van der Waals surface area contributed by atoms with E-state index in [-0.39, 0.29) is 6.08 Å². The molecule has 0 atom stereocenters. The van der Waals surface area contributed by atoms with E-state index in [2.05, 4.69) is 4.98 Å². The number of benzene rings is 1. The molecular formula is C11H9Cl2NO2. The SMILES string of the molecule is Cc1cc(Cl)ccc1Oc1nc(CCl)co1. The van der Waals surface area contributed by atoms with E-state index in [9.17, 15) is 0 Å². The second-order valence-corrected chi connectivity index (χ2v) is 3.95. The molecule has 0 amide bonds. The Bertz CT molecular complexity index is 496. The van der Waals surface area contributed by atoms with Gasteiger partial charge < -0.3 is 9.15 Å². The molecule has 0 aliphatic heterocycles. The van der Waals surface area contributed by atoms with Gasteiger partial charge in [-0.3, -0.25) is 0 Å². The van der Waals surface area contributed by atoms with Crippen LogP contribution in [0.5, 0.6) is 11.8 Å². The van der Waals surface area contributed by atoms with Crippen molar-refractivity contribution in [2.45, 2.75) is 12.8 Å². The summed E-state index contributed by atoms with van der Waals surface area (Å²) in [5.74, 6) is 0.958. The van der Waals surface area contributed by atoms with E-state index >= 15 is 0 Å². The Balaban J connectivity index is 2.20. The van der Waals surface area contributed by atoms with Crippen LogP contribution in [-0.4, -0.2) is 4.98 Å². The summed E-state index contributed by atoms with van der Waals surface area (Å²) in [6.45, 7) is 1.90. The van der Waals surface area contributed by atoms with Crippen LogP contribution < -0.4 is 4.74 Å². The third-order valence-corrected chi connectivity index (χ3v) is 2.51. The number of aryl methyl sites for hydroxylation is 1. The summed E-state index contributed by atoms with van der Waals surface area (Å²) in [6.07, 6.45) is 1.65. The van der Waals surface area contributed by atoms with E-state index in [1.54, 1.807) is 12.1 Å². The number of aromatic nitrogens is 1. The van der Waals surface area contributed by atoms with Gasteiger partial charge in [-0.1, -0.05) is 11.6 Å². The van der Waals surface area contributed by atoms with Crippen LogP contribution in [0, 0.1) is 6.92 Å². The molecule has 1 aromatic carbocycles. The van der Waals surface area contributed by atoms with Gasteiger partial charge in [0.05, 0.1) is 11.6 Å².